The van der Waals surface area contributed by atoms with Crippen molar-refractivity contribution in [3.63, 3.8) is 0 Å². The van der Waals surface area contributed by atoms with Gasteiger partial charge in [0.05, 0.1) is 12.5 Å². The Morgan fingerprint density at radius 1 is 1.23 bits per heavy atom. The molecular weight excluding hydrogens is 390 g/mol. The summed E-state index contributed by atoms with van der Waals surface area (Å²) in [5.41, 5.74) is 7.58. The van der Waals surface area contributed by atoms with Gasteiger partial charge in [-0.1, -0.05) is 31.9 Å². The Kier molecular flexibility index (Phi) is 5.73. The minimum Gasteiger partial charge on any atom is -0.497 e. The molecule has 1 atom stereocenters. The molecule has 1 aromatic carbocycles. The van der Waals surface area contributed by atoms with Crippen LogP contribution >= 0.6 is 0 Å². The molecule has 3 aliphatic carbocycles. The van der Waals surface area contributed by atoms with Crippen molar-refractivity contribution in [2.45, 2.75) is 63.3 Å². The highest BCUT2D eigenvalue weighted by Crippen LogP contribution is 2.73. The van der Waals surface area contributed by atoms with Gasteiger partial charge in [0.25, 0.3) is 0 Å². The fraction of sp³-hybridized carbons (Fsp3) is 0.480. The van der Waals surface area contributed by atoms with E-state index in [4.69, 9.17) is 10.5 Å². The molecule has 3 N–H and O–H groups in total. The van der Waals surface area contributed by atoms with Gasteiger partial charge in [0.15, 0.2) is 0 Å². The number of unbranched alkanes of at least 4 members (excludes halogenated alkanes) is 1. The van der Waals surface area contributed by atoms with Gasteiger partial charge < -0.3 is 15.8 Å². The van der Waals surface area contributed by atoms with Crippen LogP contribution in [0, 0.1) is 5.41 Å². The molecule has 2 amide bonds. The lowest BCUT2D eigenvalue weighted by atomic mass is 9.34. The summed E-state index contributed by atoms with van der Waals surface area (Å²) in [5.74, 6) is 0.550. The predicted octanol–water partition coefficient (Wildman–Crippen LogP) is 3.53. The van der Waals surface area contributed by atoms with Gasteiger partial charge >= 0.3 is 0 Å². The van der Waals surface area contributed by atoms with E-state index < -0.39 is 5.91 Å². The minimum atomic E-state index is -0.445. The molecule has 2 aromatic rings. The van der Waals surface area contributed by atoms with Crippen LogP contribution in [0.15, 0.2) is 42.6 Å². The first kappa shape index (κ1) is 21.3. The molecule has 3 saturated carbocycles. The van der Waals surface area contributed by atoms with Crippen molar-refractivity contribution in [1.29, 1.82) is 0 Å². The maximum atomic E-state index is 13.2. The molecule has 0 spiro atoms. The highest BCUT2D eigenvalue weighted by Gasteiger charge is 2.72. The number of nitrogens with zero attached hydrogens (tertiary/aromatic N) is 1. The molecule has 1 aromatic heterocycles. The van der Waals surface area contributed by atoms with E-state index in [0.29, 0.717) is 5.56 Å². The molecular formula is C25H31N3O3. The Balaban J connectivity index is 1.40. The van der Waals surface area contributed by atoms with E-state index in [0.717, 1.165) is 56.4 Å². The van der Waals surface area contributed by atoms with Crippen LogP contribution in [0.2, 0.25) is 0 Å². The van der Waals surface area contributed by atoms with E-state index in [1.165, 1.54) is 5.56 Å². The van der Waals surface area contributed by atoms with E-state index in [1.54, 1.807) is 25.4 Å². The molecule has 0 saturated heterocycles. The molecule has 6 heteroatoms. The second-order valence-corrected chi connectivity index (χ2v) is 9.25. The lowest BCUT2D eigenvalue weighted by molar-refractivity contribution is -0.177. The number of pyridine rings is 1. The highest BCUT2D eigenvalue weighted by atomic mass is 16.5. The Labute approximate surface area is 183 Å². The molecule has 3 aliphatic rings. The average molecular weight is 422 g/mol. The quantitative estimate of drug-likeness (QED) is 0.614. The van der Waals surface area contributed by atoms with Crippen molar-refractivity contribution in [2.75, 3.05) is 7.11 Å². The monoisotopic (exact) mass is 421 g/mol. The SMILES string of the molecule is CCCC[C@@H](Cc1cccc(OC)c1)NC(=O)C12CC(c3cc(C(N)=O)ccn3)(C1)C2. The van der Waals surface area contributed by atoms with Crippen molar-refractivity contribution >= 4 is 11.8 Å². The minimum absolute atomic E-state index is 0.0749. The maximum Gasteiger partial charge on any atom is 0.248 e. The smallest absolute Gasteiger partial charge is 0.248 e. The third kappa shape index (κ3) is 4.03. The van der Waals surface area contributed by atoms with Crippen LogP contribution in [0.5, 0.6) is 5.75 Å². The van der Waals surface area contributed by atoms with Crippen molar-refractivity contribution in [2.24, 2.45) is 11.1 Å². The van der Waals surface area contributed by atoms with E-state index in [9.17, 15) is 9.59 Å². The summed E-state index contributed by atoms with van der Waals surface area (Å²) in [4.78, 5) is 29.1. The van der Waals surface area contributed by atoms with Crippen molar-refractivity contribution in [1.82, 2.24) is 10.3 Å². The first-order valence-corrected chi connectivity index (χ1v) is 11.1. The number of hydrogen-bond acceptors (Lipinski definition) is 4. The third-order valence-corrected chi connectivity index (χ3v) is 6.96. The number of methoxy groups -OCH3 is 1. The topological polar surface area (TPSA) is 94.3 Å². The van der Waals surface area contributed by atoms with Crippen LogP contribution in [0.3, 0.4) is 0 Å². The van der Waals surface area contributed by atoms with E-state index >= 15 is 0 Å². The Morgan fingerprint density at radius 2 is 2.00 bits per heavy atom. The molecule has 2 bridgehead atoms. The average Bonchev–Trinajstić information content (AvgIpc) is 2.70. The molecule has 5 rings (SSSR count). The molecule has 1 heterocycles. The van der Waals surface area contributed by atoms with E-state index in [-0.39, 0.29) is 22.8 Å². The van der Waals surface area contributed by atoms with Crippen LogP contribution in [0.4, 0.5) is 0 Å². The van der Waals surface area contributed by atoms with Crippen molar-refractivity contribution in [3.8, 4) is 5.75 Å². The number of primary amides is 1. The number of amides is 2. The van der Waals surface area contributed by atoms with Gasteiger partial charge in [-0.3, -0.25) is 14.6 Å². The van der Waals surface area contributed by atoms with Gasteiger partial charge in [0, 0.05) is 28.9 Å². The maximum absolute atomic E-state index is 13.2. The van der Waals surface area contributed by atoms with Crippen molar-refractivity contribution in [3.05, 3.63) is 59.4 Å². The van der Waals surface area contributed by atoms with Gasteiger partial charge in [-0.2, -0.15) is 0 Å². The number of carbonyl (C=O) groups excluding carboxylic acids is 2. The normalized spacial score (nSPS) is 24.5. The van der Waals surface area contributed by atoms with Gasteiger partial charge in [-0.05, 0) is 61.9 Å². The van der Waals surface area contributed by atoms with Crippen LogP contribution in [0.1, 0.15) is 67.1 Å². The van der Waals surface area contributed by atoms with Gasteiger partial charge in [0.2, 0.25) is 11.8 Å². The number of hydrogen-bond donors (Lipinski definition) is 2. The summed E-state index contributed by atoms with van der Waals surface area (Å²) in [7, 11) is 1.67. The fourth-order valence-corrected chi connectivity index (χ4v) is 5.27. The second-order valence-electron chi connectivity index (χ2n) is 9.25. The van der Waals surface area contributed by atoms with Crippen LogP contribution in [0.25, 0.3) is 0 Å². The summed E-state index contributed by atoms with van der Waals surface area (Å²) in [5, 5.41) is 3.34. The Bertz CT molecular complexity index is 968. The summed E-state index contributed by atoms with van der Waals surface area (Å²) in [6.45, 7) is 2.17. The predicted molar refractivity (Wildman–Crippen MR) is 119 cm³/mol. The number of nitrogens with one attached hydrogen (secondary N) is 1. The molecule has 0 aliphatic heterocycles. The Morgan fingerprint density at radius 3 is 2.68 bits per heavy atom. The number of ether oxygens (including phenoxy) is 1. The lowest BCUT2D eigenvalue weighted by Gasteiger charge is -2.69. The largest absolute Gasteiger partial charge is 0.497 e. The number of rotatable bonds is 10. The van der Waals surface area contributed by atoms with Gasteiger partial charge in [-0.15, -0.1) is 0 Å². The number of carbonyl (C=O) groups is 2. The Hall–Kier alpha value is -2.89. The third-order valence-electron chi connectivity index (χ3n) is 6.96. The van der Waals surface area contributed by atoms with Crippen LogP contribution < -0.4 is 15.8 Å². The first-order chi connectivity index (χ1) is 14.9. The standard InChI is InChI=1S/C25H31N3O3/c1-3-4-7-19(11-17-6-5-8-20(12-17)31-2)28-23(30)25-14-24(15-25,16-25)21-13-18(22(26)29)9-10-27-21/h5-6,8-10,12-13,19H,3-4,7,11,14-16H2,1-2H3,(H2,26,29)(H,28,30)/t19-,24?,25?/m0/s1. The zero-order chi connectivity index (χ0) is 22.1. The number of benzene rings is 1. The highest BCUT2D eigenvalue weighted by molar-refractivity contribution is 5.93. The van der Waals surface area contributed by atoms with Gasteiger partial charge in [0.1, 0.15) is 5.75 Å². The lowest BCUT2D eigenvalue weighted by Crippen LogP contribution is -2.71. The zero-order valence-electron chi connectivity index (χ0n) is 18.3. The van der Waals surface area contributed by atoms with E-state index in [2.05, 4.69) is 23.3 Å². The molecule has 164 valence electrons. The summed E-state index contributed by atoms with van der Waals surface area (Å²) in [6, 6.07) is 11.6. The van der Waals surface area contributed by atoms with E-state index in [1.807, 2.05) is 18.2 Å². The molecule has 3 fully saturated rings. The van der Waals surface area contributed by atoms with Crippen LogP contribution in [-0.4, -0.2) is 29.9 Å². The summed E-state index contributed by atoms with van der Waals surface area (Å²) < 4.78 is 5.34. The van der Waals surface area contributed by atoms with Crippen molar-refractivity contribution < 1.29 is 14.3 Å². The second kappa shape index (κ2) is 8.33. The van der Waals surface area contributed by atoms with Gasteiger partial charge in [-0.25, -0.2) is 0 Å². The fourth-order valence-electron chi connectivity index (χ4n) is 5.27. The molecule has 0 radical (unpaired) electrons. The number of nitrogens with two attached hydrogens (primary N) is 1. The zero-order valence-corrected chi connectivity index (χ0v) is 18.3. The van der Waals surface area contributed by atoms with Crippen LogP contribution in [-0.2, 0) is 16.6 Å². The molecule has 0 unspecified atom stereocenters. The first-order valence-electron chi connectivity index (χ1n) is 11.1. The number of aromatic nitrogens is 1. The summed E-state index contributed by atoms with van der Waals surface area (Å²) >= 11 is 0. The summed E-state index contributed by atoms with van der Waals surface area (Å²) in [6.07, 6.45) is 7.95. The molecule has 6 nitrogen and oxygen atoms in total. The molecule has 31 heavy (non-hydrogen) atoms.